The summed E-state index contributed by atoms with van der Waals surface area (Å²) < 4.78 is 34.9. The van der Waals surface area contributed by atoms with Crippen LogP contribution in [0.5, 0.6) is 17.2 Å². The summed E-state index contributed by atoms with van der Waals surface area (Å²) in [7, 11) is 4.71. The predicted octanol–water partition coefficient (Wildman–Crippen LogP) is 3.75. The maximum absolute atomic E-state index is 13.4. The molecule has 0 aliphatic heterocycles. The summed E-state index contributed by atoms with van der Waals surface area (Å²) in [6, 6.07) is 9.54. The van der Waals surface area contributed by atoms with Crippen molar-refractivity contribution >= 4 is 0 Å². The molecule has 1 heterocycles. The number of hydrogen-bond acceptors (Lipinski definition) is 7. The van der Waals surface area contributed by atoms with Crippen LogP contribution < -0.4 is 19.5 Å². The van der Waals surface area contributed by atoms with Gasteiger partial charge in [0, 0.05) is 17.7 Å². The molecular weight excluding hydrogens is 365 g/mol. The summed E-state index contributed by atoms with van der Waals surface area (Å²) in [5.41, 5.74) is 1.45. The molecule has 1 N–H and O–H groups in total. The number of halogens is 1. The van der Waals surface area contributed by atoms with Crippen molar-refractivity contribution in [1.29, 1.82) is 0 Å². The Balaban J connectivity index is 1.74. The van der Waals surface area contributed by atoms with E-state index in [4.69, 9.17) is 18.7 Å². The molecule has 0 aliphatic carbocycles. The Morgan fingerprint density at radius 2 is 1.86 bits per heavy atom. The summed E-state index contributed by atoms with van der Waals surface area (Å²) in [5.74, 6) is 2.10. The van der Waals surface area contributed by atoms with Crippen LogP contribution in [0.1, 0.15) is 24.4 Å². The second-order valence-electron chi connectivity index (χ2n) is 6.06. The van der Waals surface area contributed by atoms with E-state index in [2.05, 4.69) is 15.5 Å². The fourth-order valence-electron chi connectivity index (χ4n) is 2.81. The van der Waals surface area contributed by atoms with Crippen LogP contribution in [0.2, 0.25) is 0 Å². The van der Waals surface area contributed by atoms with Crippen LogP contribution in [0, 0.1) is 5.82 Å². The van der Waals surface area contributed by atoms with E-state index < -0.39 is 0 Å². The minimum absolute atomic E-state index is 0.229. The Hall–Kier alpha value is -3.13. The van der Waals surface area contributed by atoms with Crippen LogP contribution in [0.4, 0.5) is 4.39 Å². The van der Waals surface area contributed by atoms with Gasteiger partial charge in [-0.3, -0.25) is 0 Å². The van der Waals surface area contributed by atoms with Gasteiger partial charge >= 0.3 is 0 Å². The van der Waals surface area contributed by atoms with Gasteiger partial charge in [0.1, 0.15) is 5.82 Å². The first kappa shape index (κ1) is 19.6. The average molecular weight is 387 g/mol. The lowest BCUT2D eigenvalue weighted by atomic mass is 10.1. The fraction of sp³-hybridized carbons (Fsp3) is 0.300. The van der Waals surface area contributed by atoms with E-state index in [0.717, 1.165) is 5.56 Å². The topological polar surface area (TPSA) is 78.6 Å². The Labute approximate surface area is 162 Å². The quantitative estimate of drug-likeness (QED) is 0.631. The van der Waals surface area contributed by atoms with Crippen molar-refractivity contribution < 1.29 is 23.1 Å². The molecule has 0 bridgehead atoms. The first-order chi connectivity index (χ1) is 13.6. The summed E-state index contributed by atoms with van der Waals surface area (Å²) in [5, 5.41) is 7.24. The van der Waals surface area contributed by atoms with Gasteiger partial charge in [-0.2, -0.15) is 4.98 Å². The lowest BCUT2D eigenvalue weighted by Gasteiger charge is -2.17. The van der Waals surface area contributed by atoms with E-state index in [1.807, 2.05) is 19.1 Å². The molecule has 1 unspecified atom stereocenters. The largest absolute Gasteiger partial charge is 0.493 e. The van der Waals surface area contributed by atoms with Crippen molar-refractivity contribution in [3.8, 4) is 28.6 Å². The molecule has 0 radical (unpaired) electrons. The lowest BCUT2D eigenvalue weighted by molar-refractivity contribution is 0.318. The summed E-state index contributed by atoms with van der Waals surface area (Å²) in [6.45, 7) is 2.37. The highest BCUT2D eigenvalue weighted by Gasteiger charge is 2.19. The van der Waals surface area contributed by atoms with Gasteiger partial charge in [-0.05, 0) is 25.1 Å². The molecule has 0 spiro atoms. The summed E-state index contributed by atoms with van der Waals surface area (Å²) in [4.78, 5) is 4.35. The van der Waals surface area contributed by atoms with Crippen molar-refractivity contribution in [3.05, 3.63) is 53.7 Å². The first-order valence-electron chi connectivity index (χ1n) is 8.68. The highest BCUT2D eigenvalue weighted by atomic mass is 19.1. The number of nitrogens with one attached hydrogen (secondary N) is 1. The SMILES string of the molecule is COc1ccc(CNC(C)c2nc(-c3cccc(F)c3)no2)c(OC)c1OC. The minimum Gasteiger partial charge on any atom is -0.493 e. The molecule has 0 amide bonds. The molecular formula is C20H22FN3O4. The zero-order valence-corrected chi connectivity index (χ0v) is 16.2. The third-order valence-corrected chi connectivity index (χ3v) is 4.28. The van der Waals surface area contributed by atoms with Crippen molar-refractivity contribution in [1.82, 2.24) is 15.5 Å². The molecule has 7 nitrogen and oxygen atoms in total. The number of nitrogens with zero attached hydrogens (tertiary/aromatic N) is 2. The standard InChI is InChI=1S/C20H22FN3O4/c1-12(20-23-19(24-28-20)13-6-5-7-15(21)10-13)22-11-14-8-9-16(25-2)18(27-4)17(14)26-3/h5-10,12,22H,11H2,1-4H3. The lowest BCUT2D eigenvalue weighted by Crippen LogP contribution is -2.19. The van der Waals surface area contributed by atoms with Crippen molar-refractivity contribution in [2.75, 3.05) is 21.3 Å². The molecule has 0 saturated carbocycles. The number of hydrogen-bond donors (Lipinski definition) is 1. The van der Waals surface area contributed by atoms with Gasteiger partial charge < -0.3 is 24.1 Å². The monoisotopic (exact) mass is 387 g/mol. The highest BCUT2D eigenvalue weighted by Crippen LogP contribution is 2.39. The fourth-order valence-corrected chi connectivity index (χ4v) is 2.81. The van der Waals surface area contributed by atoms with Gasteiger partial charge in [-0.15, -0.1) is 0 Å². The molecule has 148 valence electrons. The normalized spacial score (nSPS) is 11.9. The number of aromatic nitrogens is 2. The van der Waals surface area contributed by atoms with Gasteiger partial charge in [0.2, 0.25) is 17.5 Å². The third kappa shape index (κ3) is 4.07. The second-order valence-corrected chi connectivity index (χ2v) is 6.06. The van der Waals surface area contributed by atoms with Crippen LogP contribution in [-0.2, 0) is 6.54 Å². The van der Waals surface area contributed by atoms with Crippen LogP contribution in [-0.4, -0.2) is 31.5 Å². The Morgan fingerprint density at radius 1 is 1.07 bits per heavy atom. The summed E-state index contributed by atoms with van der Waals surface area (Å²) >= 11 is 0. The smallest absolute Gasteiger partial charge is 0.243 e. The molecule has 0 saturated heterocycles. The molecule has 3 aromatic rings. The van der Waals surface area contributed by atoms with E-state index in [0.29, 0.717) is 41.1 Å². The summed E-state index contributed by atoms with van der Waals surface area (Å²) in [6.07, 6.45) is 0. The second kappa shape index (κ2) is 8.71. The van der Waals surface area contributed by atoms with E-state index in [1.54, 1.807) is 33.5 Å². The zero-order chi connectivity index (χ0) is 20.1. The molecule has 1 aromatic heterocycles. The molecule has 28 heavy (non-hydrogen) atoms. The first-order valence-corrected chi connectivity index (χ1v) is 8.68. The van der Waals surface area contributed by atoms with E-state index in [1.165, 1.54) is 12.1 Å². The molecule has 1 atom stereocenters. The number of ether oxygens (including phenoxy) is 3. The Kier molecular flexibility index (Phi) is 6.10. The number of methoxy groups -OCH3 is 3. The van der Waals surface area contributed by atoms with Crippen molar-refractivity contribution in [2.45, 2.75) is 19.5 Å². The maximum atomic E-state index is 13.4. The number of benzene rings is 2. The highest BCUT2D eigenvalue weighted by molar-refractivity contribution is 5.56. The van der Waals surface area contributed by atoms with Gasteiger partial charge in [0.15, 0.2) is 11.5 Å². The average Bonchev–Trinajstić information content (AvgIpc) is 3.21. The van der Waals surface area contributed by atoms with Gasteiger partial charge in [0.05, 0.1) is 27.4 Å². The minimum atomic E-state index is -0.351. The van der Waals surface area contributed by atoms with Gasteiger partial charge in [-0.25, -0.2) is 4.39 Å². The zero-order valence-electron chi connectivity index (χ0n) is 16.2. The van der Waals surface area contributed by atoms with Crippen molar-refractivity contribution in [2.24, 2.45) is 0 Å². The van der Waals surface area contributed by atoms with Crippen LogP contribution in [0.15, 0.2) is 40.9 Å². The molecule has 0 aliphatic rings. The Bertz CT molecular complexity index is 945. The predicted molar refractivity (Wildman–Crippen MR) is 101 cm³/mol. The molecule has 8 heteroatoms. The third-order valence-electron chi connectivity index (χ3n) is 4.28. The van der Waals surface area contributed by atoms with E-state index in [-0.39, 0.29) is 11.9 Å². The maximum Gasteiger partial charge on any atom is 0.243 e. The molecule has 3 rings (SSSR count). The van der Waals surface area contributed by atoms with E-state index in [9.17, 15) is 4.39 Å². The van der Waals surface area contributed by atoms with E-state index >= 15 is 0 Å². The van der Waals surface area contributed by atoms with Crippen LogP contribution >= 0.6 is 0 Å². The van der Waals surface area contributed by atoms with Crippen LogP contribution in [0.3, 0.4) is 0 Å². The van der Waals surface area contributed by atoms with Gasteiger partial charge in [-0.1, -0.05) is 23.4 Å². The Morgan fingerprint density at radius 3 is 2.54 bits per heavy atom. The molecule has 0 fully saturated rings. The van der Waals surface area contributed by atoms with Gasteiger partial charge in [0.25, 0.3) is 0 Å². The molecule has 2 aromatic carbocycles. The number of rotatable bonds is 8. The van der Waals surface area contributed by atoms with Crippen molar-refractivity contribution in [3.63, 3.8) is 0 Å². The van der Waals surface area contributed by atoms with Crippen LogP contribution in [0.25, 0.3) is 11.4 Å².